The molecule has 1 aliphatic rings. The van der Waals surface area contributed by atoms with Crippen LogP contribution in [0.1, 0.15) is 33.4 Å². The van der Waals surface area contributed by atoms with Crippen LogP contribution in [0, 0.1) is 45.3 Å². The second-order valence-corrected chi connectivity index (χ2v) is 33.7. The van der Waals surface area contributed by atoms with Gasteiger partial charge in [-0.05, 0) is 214 Å². The van der Waals surface area contributed by atoms with E-state index in [0.29, 0.717) is 27.8 Å². The molecule has 0 atom stereocenters. The van der Waals surface area contributed by atoms with Crippen molar-refractivity contribution in [2.75, 3.05) is 0 Å². The van der Waals surface area contributed by atoms with Gasteiger partial charge in [-0.25, -0.2) is 0 Å². The first-order valence-electron chi connectivity index (χ1n) is 43.5. The van der Waals surface area contributed by atoms with Gasteiger partial charge < -0.3 is 31.7 Å². The average molecular weight is 1650 g/mol. The van der Waals surface area contributed by atoms with Crippen LogP contribution in [-0.2, 0) is 6.42 Å². The standard InChI is InChI=1S/C63H37N5.C56H30N4O2/c64-37-43-32-41(33-44(38-65)61(43)39-15-3-1-4-16-39)48-28-27-46(66-55-24-12-10-22-50(55)54-36-53-42(34-59(54)66)31-40-17-7-8-20-47(40)53)35-60(48)68-57-26-14-11-23-52(57)62-58(68)30-29-51-49-21-9-13-25-56(49)67(63(51)62)45-18-5-2-6-19-45;57-31-33-26-34(32-58)28-37(27-33)35-10-9-11-36(29-35)39-21-20-38(59-46-16-5-1-14-44(46)53-48(59)24-22-42-40-12-3-7-18-51(40)61-55(42)53)30-50(39)60-47-17-6-2-15-45(47)54-49(60)25-23-43-41-13-4-8-19-52(41)62-56(43)54/h1-30,32-36H,31H2;1-30H. The van der Waals surface area contributed by atoms with Gasteiger partial charge in [-0.1, -0.05) is 237 Å². The maximum Gasteiger partial charge on any atom is 0.145 e. The molecule has 0 unspecified atom stereocenters. The zero-order valence-corrected chi connectivity index (χ0v) is 69.6. The highest BCUT2D eigenvalue weighted by atomic mass is 16.3. The summed E-state index contributed by atoms with van der Waals surface area (Å²) >= 11 is 0. The zero-order chi connectivity index (χ0) is 86.1. The van der Waals surface area contributed by atoms with E-state index in [0.717, 1.165) is 205 Å². The van der Waals surface area contributed by atoms with Gasteiger partial charge in [0.1, 0.15) is 22.3 Å². The minimum atomic E-state index is 0.447. The average Bonchev–Trinajstić information content (AvgIpc) is 1.54. The van der Waals surface area contributed by atoms with Gasteiger partial charge >= 0.3 is 0 Å². The zero-order valence-electron chi connectivity index (χ0n) is 69.6. The van der Waals surface area contributed by atoms with Gasteiger partial charge in [-0.2, -0.15) is 21.0 Å². The van der Waals surface area contributed by atoms with Crippen LogP contribution in [0.4, 0.5) is 0 Å². The molecule has 0 saturated carbocycles. The molecule has 0 fully saturated rings. The van der Waals surface area contributed by atoms with Crippen LogP contribution in [0.15, 0.2) is 403 Å². The number of hydrogen-bond donors (Lipinski definition) is 0. The molecule has 0 aliphatic heterocycles. The summed E-state index contributed by atoms with van der Waals surface area (Å²) < 4.78 is 25.3. The lowest BCUT2D eigenvalue weighted by Gasteiger charge is -2.19. The van der Waals surface area contributed by atoms with E-state index in [4.69, 9.17) is 8.83 Å². The smallest absolute Gasteiger partial charge is 0.145 e. The fourth-order valence-electron chi connectivity index (χ4n) is 21.4. The summed E-state index contributed by atoms with van der Waals surface area (Å²) in [6.45, 7) is 0. The third-order valence-electron chi connectivity index (χ3n) is 26.8. The van der Waals surface area contributed by atoms with E-state index in [1.807, 2.05) is 91.0 Å². The fourth-order valence-corrected chi connectivity index (χ4v) is 21.4. The van der Waals surface area contributed by atoms with Gasteiger partial charge in [-0.15, -0.1) is 0 Å². The molecule has 0 spiro atoms. The van der Waals surface area contributed by atoms with Crippen molar-refractivity contribution >= 4 is 153 Å². The first kappa shape index (κ1) is 73.3. The molecule has 11 nitrogen and oxygen atoms in total. The summed E-state index contributed by atoms with van der Waals surface area (Å²) in [6, 6.07) is 148. The molecule has 0 bridgehead atoms. The lowest BCUT2D eigenvalue weighted by atomic mass is 9.90. The molecule has 0 N–H and O–H groups in total. The maximum atomic E-state index is 10.8. The van der Waals surface area contributed by atoms with E-state index in [1.165, 1.54) is 43.8 Å². The molecule has 26 aromatic rings. The molecule has 7 aromatic heterocycles. The Labute approximate surface area is 743 Å². The van der Waals surface area contributed by atoms with Crippen LogP contribution < -0.4 is 0 Å². The minimum absolute atomic E-state index is 0.447. The van der Waals surface area contributed by atoms with Crippen molar-refractivity contribution < 1.29 is 8.83 Å². The van der Waals surface area contributed by atoms with E-state index in [1.54, 1.807) is 6.07 Å². The van der Waals surface area contributed by atoms with Crippen LogP contribution in [0.5, 0.6) is 0 Å². The molecule has 0 saturated heterocycles. The molecular formula is C119H67N9O2. The molecule has 600 valence electrons. The third-order valence-corrected chi connectivity index (χ3v) is 26.8. The Balaban J connectivity index is 0.000000137. The van der Waals surface area contributed by atoms with Crippen molar-refractivity contribution in [3.63, 3.8) is 0 Å². The number of aromatic nitrogens is 5. The molecule has 27 rings (SSSR count). The Morgan fingerprint density at radius 3 is 1.25 bits per heavy atom. The van der Waals surface area contributed by atoms with Gasteiger partial charge in [-0.3, -0.25) is 0 Å². The van der Waals surface area contributed by atoms with E-state index in [9.17, 15) is 21.0 Å². The molecule has 19 aromatic carbocycles. The Morgan fingerprint density at radius 1 is 0.223 bits per heavy atom. The molecule has 7 heterocycles. The van der Waals surface area contributed by atoms with E-state index in [2.05, 4.69) is 344 Å². The molecule has 11 heteroatoms. The van der Waals surface area contributed by atoms with Crippen LogP contribution >= 0.6 is 0 Å². The van der Waals surface area contributed by atoms with Crippen LogP contribution in [-0.4, -0.2) is 22.8 Å². The number of para-hydroxylation sites is 8. The van der Waals surface area contributed by atoms with Crippen LogP contribution in [0.25, 0.3) is 237 Å². The second kappa shape index (κ2) is 28.7. The molecule has 0 radical (unpaired) electrons. The number of nitrogens with zero attached hydrogens (tertiary/aromatic N) is 9. The van der Waals surface area contributed by atoms with E-state index in [-0.39, 0.29) is 0 Å². The van der Waals surface area contributed by atoms with E-state index < -0.39 is 0 Å². The van der Waals surface area contributed by atoms with Crippen molar-refractivity contribution in [2.45, 2.75) is 6.42 Å². The first-order valence-corrected chi connectivity index (χ1v) is 43.5. The summed E-state index contributed by atoms with van der Waals surface area (Å²) in [6.07, 6.45) is 0.893. The summed E-state index contributed by atoms with van der Waals surface area (Å²) in [7, 11) is 0. The number of benzene rings is 19. The van der Waals surface area contributed by atoms with Crippen molar-refractivity contribution in [3.05, 3.63) is 428 Å². The number of rotatable bonds is 9. The fraction of sp³-hybridized carbons (Fsp3) is 0.00840. The number of hydrogen-bond acceptors (Lipinski definition) is 6. The Morgan fingerprint density at radius 2 is 0.669 bits per heavy atom. The number of fused-ring (bicyclic) bond motifs is 27. The lowest BCUT2D eigenvalue weighted by Crippen LogP contribution is -2.02. The normalized spacial score (nSPS) is 11.9. The Kier molecular flexibility index (Phi) is 16.2. The predicted molar refractivity (Wildman–Crippen MR) is 528 cm³/mol. The molecular weight excluding hydrogens is 1590 g/mol. The van der Waals surface area contributed by atoms with Gasteiger partial charge in [0.15, 0.2) is 0 Å². The Hall–Kier alpha value is -18.3. The van der Waals surface area contributed by atoms with Gasteiger partial charge in [0.25, 0.3) is 0 Å². The van der Waals surface area contributed by atoms with Crippen LogP contribution in [0.2, 0.25) is 0 Å². The Bertz CT molecular complexity index is 9540. The SMILES string of the molecule is N#Cc1cc(-c2ccc(-n3c4ccccc4c4cc5c(cc43)Cc3ccccc3-5)cc2-n2c3ccccc3c3c2ccc2c4ccccc4n(-c4ccccc4)c23)cc(C#N)c1-c1ccccc1.N#Cc1cc(C#N)cc(-c2cccc(-c3ccc(-n4c5ccccc5c5c6oc7ccccc7c6ccc54)cc3-n3c4ccccc4c4c5oc6ccccc6c5ccc43)c2)c1. The van der Waals surface area contributed by atoms with Gasteiger partial charge in [0.05, 0.1) is 124 Å². The molecule has 130 heavy (non-hydrogen) atoms. The monoisotopic (exact) mass is 1650 g/mol. The van der Waals surface area contributed by atoms with Gasteiger partial charge in [0.2, 0.25) is 0 Å². The topological polar surface area (TPSA) is 146 Å². The quantitative estimate of drug-likeness (QED) is 0.141. The summed E-state index contributed by atoms with van der Waals surface area (Å²) in [5.74, 6) is 0. The third kappa shape index (κ3) is 10.9. The predicted octanol–water partition coefficient (Wildman–Crippen LogP) is 30.4. The van der Waals surface area contributed by atoms with Gasteiger partial charge in [0, 0.05) is 98.4 Å². The highest BCUT2D eigenvalue weighted by Crippen LogP contribution is 2.51. The van der Waals surface area contributed by atoms with Crippen molar-refractivity contribution in [1.82, 2.24) is 22.8 Å². The van der Waals surface area contributed by atoms with Crippen LogP contribution in [0.3, 0.4) is 0 Å². The summed E-state index contributed by atoms with van der Waals surface area (Å²) in [5, 5.41) is 57.1. The second-order valence-electron chi connectivity index (χ2n) is 33.7. The largest absolute Gasteiger partial charge is 0.455 e. The maximum absolute atomic E-state index is 10.8. The lowest BCUT2D eigenvalue weighted by molar-refractivity contribution is 0.672. The highest BCUT2D eigenvalue weighted by molar-refractivity contribution is 6.28. The summed E-state index contributed by atoms with van der Waals surface area (Å²) in [5.41, 5.74) is 33.4. The summed E-state index contributed by atoms with van der Waals surface area (Å²) in [4.78, 5) is 0. The van der Waals surface area contributed by atoms with E-state index >= 15 is 0 Å². The van der Waals surface area contributed by atoms with Crippen molar-refractivity contribution in [2.24, 2.45) is 0 Å². The number of furan rings is 2. The van der Waals surface area contributed by atoms with Crippen molar-refractivity contribution in [3.8, 4) is 108 Å². The molecule has 1 aliphatic carbocycles. The van der Waals surface area contributed by atoms with Crippen molar-refractivity contribution in [1.29, 1.82) is 21.0 Å². The first-order chi connectivity index (χ1) is 64.3. The molecule has 0 amide bonds. The number of nitriles is 4. The minimum Gasteiger partial charge on any atom is -0.455 e. The highest BCUT2D eigenvalue weighted by Gasteiger charge is 2.30.